The average molecular weight is 467 g/mol. The highest BCUT2D eigenvalue weighted by Gasteiger charge is 2.26. The number of nitro groups is 1. The Hall–Kier alpha value is -2.69. The first-order valence-electron chi connectivity index (χ1n) is 9.60. The highest BCUT2D eigenvalue weighted by Crippen LogP contribution is 2.33. The highest BCUT2D eigenvalue weighted by atomic mass is 35.5. The average Bonchev–Trinajstić information content (AvgIpc) is 3.01. The summed E-state index contributed by atoms with van der Waals surface area (Å²) in [5.41, 5.74) is 1.67. The third-order valence-corrected chi connectivity index (χ3v) is 6.60. The number of nitrogens with one attached hydrogen (secondary N) is 1. The summed E-state index contributed by atoms with van der Waals surface area (Å²) >= 11 is 7.24. The van der Waals surface area contributed by atoms with Gasteiger partial charge < -0.3 is 15.0 Å². The van der Waals surface area contributed by atoms with Crippen LogP contribution in [0.4, 0.5) is 16.4 Å². The van der Waals surface area contributed by atoms with Gasteiger partial charge in [-0.1, -0.05) is 11.6 Å². The van der Waals surface area contributed by atoms with Crippen LogP contribution in [-0.2, 0) is 9.53 Å². The minimum absolute atomic E-state index is 0.0301. The fourth-order valence-corrected chi connectivity index (χ4v) is 4.72. The molecule has 2 aromatic rings. The van der Waals surface area contributed by atoms with Gasteiger partial charge in [-0.2, -0.15) is 0 Å². The van der Waals surface area contributed by atoms with E-state index in [9.17, 15) is 19.7 Å². The van der Waals surface area contributed by atoms with E-state index >= 15 is 0 Å². The van der Waals surface area contributed by atoms with Crippen molar-refractivity contribution in [3.05, 3.63) is 49.3 Å². The summed E-state index contributed by atoms with van der Waals surface area (Å²) in [6, 6.07) is 4.63. The fourth-order valence-electron chi connectivity index (χ4n) is 3.49. The second-order valence-electron chi connectivity index (χ2n) is 7.18. The van der Waals surface area contributed by atoms with Crippen LogP contribution in [0.15, 0.2) is 18.2 Å². The number of aryl methyl sites for hydroxylation is 1. The van der Waals surface area contributed by atoms with E-state index in [1.54, 1.807) is 12.1 Å². The summed E-state index contributed by atoms with van der Waals surface area (Å²) in [4.78, 5) is 40.4. The van der Waals surface area contributed by atoms with Crippen LogP contribution in [0, 0.1) is 24.0 Å². The Balaban J connectivity index is 1.61. The largest absolute Gasteiger partial charge is 0.465 e. The number of methoxy groups -OCH3 is 1. The van der Waals surface area contributed by atoms with Gasteiger partial charge in [-0.25, -0.2) is 4.79 Å². The lowest BCUT2D eigenvalue weighted by molar-refractivity contribution is -0.384. The highest BCUT2D eigenvalue weighted by molar-refractivity contribution is 7.16. The van der Waals surface area contributed by atoms with Gasteiger partial charge in [0.15, 0.2) is 0 Å². The molecule has 1 saturated heterocycles. The van der Waals surface area contributed by atoms with Crippen molar-refractivity contribution in [2.75, 3.05) is 50.1 Å². The van der Waals surface area contributed by atoms with E-state index < -0.39 is 10.9 Å². The number of esters is 1. The minimum Gasteiger partial charge on any atom is -0.465 e. The molecule has 0 radical (unpaired) electrons. The molecule has 1 aromatic carbocycles. The first-order valence-corrected chi connectivity index (χ1v) is 10.8. The molecule has 9 nitrogen and oxygen atoms in total. The molecule has 3 rings (SSSR count). The normalized spacial score (nSPS) is 14.4. The van der Waals surface area contributed by atoms with E-state index in [1.807, 2.05) is 23.6 Å². The third-order valence-electron chi connectivity index (χ3n) is 5.24. The number of amides is 1. The zero-order valence-corrected chi connectivity index (χ0v) is 19.0. The summed E-state index contributed by atoms with van der Waals surface area (Å²) in [6.07, 6.45) is 0. The zero-order valence-electron chi connectivity index (χ0n) is 17.4. The van der Waals surface area contributed by atoms with Crippen LogP contribution in [0.2, 0.25) is 5.02 Å². The third kappa shape index (κ3) is 5.15. The van der Waals surface area contributed by atoms with Gasteiger partial charge in [0.2, 0.25) is 5.91 Å². The predicted molar refractivity (Wildman–Crippen MR) is 121 cm³/mol. The summed E-state index contributed by atoms with van der Waals surface area (Å²) in [5, 5.41) is 15.0. The van der Waals surface area contributed by atoms with Crippen molar-refractivity contribution >= 4 is 51.2 Å². The number of nitro benzene ring substituents is 1. The minimum atomic E-state index is -0.477. The fraction of sp³-hybridized carbons (Fsp3) is 0.400. The van der Waals surface area contributed by atoms with Gasteiger partial charge in [0.25, 0.3) is 5.69 Å². The molecular formula is C20H23ClN4O5S. The van der Waals surface area contributed by atoms with Crippen LogP contribution < -0.4 is 10.2 Å². The lowest BCUT2D eigenvalue weighted by Crippen LogP contribution is -2.48. The van der Waals surface area contributed by atoms with E-state index in [0.29, 0.717) is 47.5 Å². The van der Waals surface area contributed by atoms with E-state index in [-0.39, 0.29) is 18.1 Å². The molecular weight excluding hydrogens is 444 g/mol. The molecule has 0 aliphatic carbocycles. The topological polar surface area (TPSA) is 105 Å². The van der Waals surface area contributed by atoms with Gasteiger partial charge >= 0.3 is 5.97 Å². The Morgan fingerprint density at radius 2 is 1.94 bits per heavy atom. The van der Waals surface area contributed by atoms with Crippen molar-refractivity contribution in [1.29, 1.82) is 0 Å². The molecule has 1 aliphatic rings. The molecule has 0 saturated carbocycles. The van der Waals surface area contributed by atoms with E-state index in [0.717, 1.165) is 10.4 Å². The number of hydrogen-bond donors (Lipinski definition) is 1. The second-order valence-corrected chi connectivity index (χ2v) is 8.84. The number of rotatable bonds is 6. The van der Waals surface area contributed by atoms with Crippen LogP contribution >= 0.6 is 22.9 Å². The second kappa shape index (κ2) is 9.63. The van der Waals surface area contributed by atoms with Gasteiger partial charge in [0.05, 0.1) is 24.1 Å². The quantitative estimate of drug-likeness (QED) is 0.394. The van der Waals surface area contributed by atoms with Crippen molar-refractivity contribution in [1.82, 2.24) is 4.90 Å². The number of benzene rings is 1. The van der Waals surface area contributed by atoms with Crippen molar-refractivity contribution in [3.63, 3.8) is 0 Å². The van der Waals surface area contributed by atoms with Gasteiger partial charge in [-0.3, -0.25) is 19.8 Å². The Bertz CT molecular complexity index is 1020. The lowest BCUT2D eigenvalue weighted by Gasteiger charge is -2.35. The Kier molecular flexibility index (Phi) is 7.14. The van der Waals surface area contributed by atoms with Crippen LogP contribution in [0.5, 0.6) is 0 Å². The Labute approximate surface area is 188 Å². The van der Waals surface area contributed by atoms with Crippen molar-refractivity contribution in [2.24, 2.45) is 0 Å². The van der Waals surface area contributed by atoms with Gasteiger partial charge in [0, 0.05) is 42.1 Å². The molecule has 31 heavy (non-hydrogen) atoms. The van der Waals surface area contributed by atoms with Crippen LogP contribution in [0.1, 0.15) is 20.8 Å². The van der Waals surface area contributed by atoms with Gasteiger partial charge in [0.1, 0.15) is 10.7 Å². The number of hydrogen-bond acceptors (Lipinski definition) is 8. The van der Waals surface area contributed by atoms with Crippen LogP contribution in [-0.4, -0.2) is 61.5 Å². The van der Waals surface area contributed by atoms with Gasteiger partial charge in [-0.05, 0) is 31.5 Å². The summed E-state index contributed by atoms with van der Waals surface area (Å²) in [6.45, 7) is 6.09. The Morgan fingerprint density at radius 3 is 2.55 bits per heavy atom. The molecule has 0 spiro atoms. The molecule has 0 unspecified atom stereocenters. The monoisotopic (exact) mass is 466 g/mol. The maximum atomic E-state index is 12.6. The number of anilines is 2. The summed E-state index contributed by atoms with van der Waals surface area (Å²) < 4.78 is 4.83. The molecule has 2 heterocycles. The van der Waals surface area contributed by atoms with E-state index in [1.165, 1.54) is 24.5 Å². The predicted octanol–water partition coefficient (Wildman–Crippen LogP) is 3.47. The van der Waals surface area contributed by atoms with Crippen LogP contribution in [0.3, 0.4) is 0 Å². The standard InChI is InChI=1S/C20H23ClN4O5S/c1-12-13(2)31-19(18(12)20(27)30-3)22-17(26)11-23-6-8-24(9-7-23)15-5-4-14(21)10-16(15)25(28)29/h4-5,10H,6-9,11H2,1-3H3,(H,22,26). The molecule has 0 bridgehead atoms. The zero-order chi connectivity index (χ0) is 22.7. The SMILES string of the molecule is COC(=O)c1c(NC(=O)CN2CCN(c3ccc(Cl)cc3[N+](=O)[O-])CC2)sc(C)c1C. The molecule has 1 aliphatic heterocycles. The molecule has 1 amide bonds. The number of ether oxygens (including phenoxy) is 1. The molecule has 11 heteroatoms. The maximum absolute atomic E-state index is 12.6. The molecule has 0 atom stereocenters. The maximum Gasteiger partial charge on any atom is 0.341 e. The number of carbonyl (C=O) groups excluding carboxylic acids is 2. The smallest absolute Gasteiger partial charge is 0.341 e. The number of thiophene rings is 1. The first-order chi connectivity index (χ1) is 14.7. The number of piperazine rings is 1. The van der Waals surface area contributed by atoms with Crippen LogP contribution in [0.25, 0.3) is 0 Å². The number of carbonyl (C=O) groups is 2. The number of halogens is 1. The van der Waals surface area contributed by atoms with Gasteiger partial charge in [-0.15, -0.1) is 11.3 Å². The van der Waals surface area contributed by atoms with Crippen molar-refractivity contribution < 1.29 is 19.2 Å². The van der Waals surface area contributed by atoms with E-state index in [2.05, 4.69) is 5.32 Å². The molecule has 1 N–H and O–H groups in total. The molecule has 166 valence electrons. The summed E-state index contributed by atoms with van der Waals surface area (Å²) in [5.74, 6) is -0.701. The lowest BCUT2D eigenvalue weighted by atomic mass is 10.1. The van der Waals surface area contributed by atoms with Crippen molar-refractivity contribution in [2.45, 2.75) is 13.8 Å². The number of nitrogens with zero attached hydrogens (tertiary/aromatic N) is 3. The first kappa shape index (κ1) is 23.0. The molecule has 1 fully saturated rings. The summed E-state index contributed by atoms with van der Waals surface area (Å²) in [7, 11) is 1.31. The molecule has 1 aromatic heterocycles. The van der Waals surface area contributed by atoms with E-state index in [4.69, 9.17) is 16.3 Å². The Morgan fingerprint density at radius 1 is 1.26 bits per heavy atom. The van der Waals surface area contributed by atoms with Crippen molar-refractivity contribution in [3.8, 4) is 0 Å².